The molecule has 104 valence electrons. The first-order valence-corrected chi connectivity index (χ1v) is 6.80. The van der Waals surface area contributed by atoms with E-state index in [9.17, 15) is 9.59 Å². The first-order chi connectivity index (χ1) is 9.56. The molecule has 0 aliphatic carbocycles. The second-order valence-corrected chi connectivity index (χ2v) is 5.27. The van der Waals surface area contributed by atoms with Gasteiger partial charge < -0.3 is 10.4 Å². The summed E-state index contributed by atoms with van der Waals surface area (Å²) in [7, 11) is 0. The van der Waals surface area contributed by atoms with Crippen LogP contribution in [0.2, 0.25) is 0 Å². The monoisotopic (exact) mass is 290 g/mol. The summed E-state index contributed by atoms with van der Waals surface area (Å²) < 4.78 is 0. The molecule has 2 rings (SSSR count). The molecule has 0 atom stereocenters. The van der Waals surface area contributed by atoms with Crippen molar-refractivity contribution >= 4 is 28.3 Å². The number of anilines is 1. The van der Waals surface area contributed by atoms with Crippen molar-refractivity contribution in [2.45, 2.75) is 13.5 Å². The molecule has 0 spiro atoms. The molecule has 2 amide bonds. The smallest absolute Gasteiger partial charge is 0.346 e. The Morgan fingerprint density at radius 3 is 2.55 bits per heavy atom. The predicted molar refractivity (Wildman–Crippen MR) is 78.3 cm³/mol. The summed E-state index contributed by atoms with van der Waals surface area (Å²) in [5.41, 5.74) is 1.64. The highest BCUT2D eigenvalue weighted by Crippen LogP contribution is 2.26. The highest BCUT2D eigenvalue weighted by molar-refractivity contribution is 7.18. The van der Waals surface area contributed by atoms with Crippen molar-refractivity contribution in [2.75, 3.05) is 5.32 Å². The van der Waals surface area contributed by atoms with Crippen molar-refractivity contribution in [3.8, 4) is 0 Å². The number of carbonyl (C=O) groups excluding carboxylic acids is 1. The van der Waals surface area contributed by atoms with Crippen LogP contribution in [0.25, 0.3) is 0 Å². The maximum absolute atomic E-state index is 11.7. The van der Waals surface area contributed by atoms with Crippen LogP contribution in [-0.2, 0) is 6.54 Å². The number of hydrogen-bond donors (Lipinski definition) is 3. The fraction of sp³-hybridized carbons (Fsp3) is 0.143. The van der Waals surface area contributed by atoms with Gasteiger partial charge in [-0.15, -0.1) is 11.3 Å². The Kier molecular flexibility index (Phi) is 4.37. The van der Waals surface area contributed by atoms with E-state index < -0.39 is 5.97 Å². The number of urea groups is 1. The van der Waals surface area contributed by atoms with Crippen LogP contribution in [0.1, 0.15) is 20.8 Å². The molecule has 0 bridgehead atoms. The molecule has 6 heteroatoms. The summed E-state index contributed by atoms with van der Waals surface area (Å²) in [5.74, 6) is -0.981. The summed E-state index contributed by atoms with van der Waals surface area (Å²) in [6.07, 6.45) is 0. The van der Waals surface area contributed by atoms with Gasteiger partial charge in [-0.05, 0) is 24.1 Å². The molecule has 0 aliphatic rings. The normalized spacial score (nSPS) is 10.1. The quantitative estimate of drug-likeness (QED) is 0.809. The average molecular weight is 290 g/mol. The first-order valence-electron chi connectivity index (χ1n) is 5.99. The third-order valence-corrected chi connectivity index (χ3v) is 3.79. The third-order valence-electron chi connectivity index (χ3n) is 2.64. The Hall–Kier alpha value is -2.34. The number of carbonyl (C=O) groups is 2. The molecule has 2 aromatic rings. The highest BCUT2D eigenvalue weighted by atomic mass is 32.1. The van der Waals surface area contributed by atoms with Gasteiger partial charge in [-0.25, -0.2) is 9.59 Å². The minimum absolute atomic E-state index is 0.239. The lowest BCUT2D eigenvalue weighted by atomic mass is 10.2. The van der Waals surface area contributed by atoms with Crippen LogP contribution in [0.15, 0.2) is 36.4 Å². The first kappa shape index (κ1) is 14.1. The van der Waals surface area contributed by atoms with Crippen molar-refractivity contribution in [2.24, 2.45) is 0 Å². The number of thiophene rings is 1. The molecule has 0 aliphatic heterocycles. The molecule has 0 saturated heterocycles. The van der Waals surface area contributed by atoms with Gasteiger partial charge >= 0.3 is 12.0 Å². The fourth-order valence-electron chi connectivity index (χ4n) is 1.69. The van der Waals surface area contributed by atoms with Crippen LogP contribution in [0.3, 0.4) is 0 Å². The molecular weight excluding hydrogens is 276 g/mol. The topological polar surface area (TPSA) is 78.4 Å². The van der Waals surface area contributed by atoms with Gasteiger partial charge in [0.15, 0.2) is 0 Å². The van der Waals surface area contributed by atoms with E-state index in [-0.39, 0.29) is 10.9 Å². The Bertz CT molecular complexity index is 623. The summed E-state index contributed by atoms with van der Waals surface area (Å²) in [6, 6.07) is 10.8. The van der Waals surface area contributed by atoms with E-state index in [0.29, 0.717) is 17.1 Å². The minimum Gasteiger partial charge on any atom is -0.477 e. The number of benzene rings is 1. The molecule has 3 N–H and O–H groups in total. The zero-order chi connectivity index (χ0) is 14.5. The molecule has 20 heavy (non-hydrogen) atoms. The van der Waals surface area contributed by atoms with E-state index in [1.165, 1.54) is 0 Å². The van der Waals surface area contributed by atoms with Crippen LogP contribution in [0.4, 0.5) is 9.80 Å². The molecule has 0 unspecified atom stereocenters. The lowest BCUT2D eigenvalue weighted by Gasteiger charge is -2.05. The van der Waals surface area contributed by atoms with Gasteiger partial charge in [-0.2, -0.15) is 0 Å². The van der Waals surface area contributed by atoms with Gasteiger partial charge in [-0.1, -0.05) is 30.3 Å². The third kappa shape index (κ3) is 3.58. The van der Waals surface area contributed by atoms with Crippen molar-refractivity contribution in [3.63, 3.8) is 0 Å². The van der Waals surface area contributed by atoms with Crippen LogP contribution in [0, 0.1) is 6.92 Å². The number of nitrogens with one attached hydrogen (secondary N) is 2. The van der Waals surface area contributed by atoms with Gasteiger partial charge in [0.2, 0.25) is 0 Å². The lowest BCUT2D eigenvalue weighted by molar-refractivity contribution is 0.0701. The maximum atomic E-state index is 11.7. The van der Waals surface area contributed by atoms with Crippen molar-refractivity contribution < 1.29 is 14.7 Å². The van der Waals surface area contributed by atoms with Crippen molar-refractivity contribution in [3.05, 3.63) is 52.4 Å². The largest absolute Gasteiger partial charge is 0.477 e. The summed E-state index contributed by atoms with van der Waals surface area (Å²) in [4.78, 5) is 22.9. The van der Waals surface area contributed by atoms with Crippen LogP contribution in [-0.4, -0.2) is 17.1 Å². The molecule has 1 aromatic carbocycles. The standard InChI is InChI=1S/C14H14N2O3S/c1-9-7-11(20-12(9)13(17)18)16-14(19)15-8-10-5-3-2-4-6-10/h2-7H,8H2,1H3,(H,17,18)(H2,15,16,19). The maximum Gasteiger partial charge on any atom is 0.346 e. The Morgan fingerprint density at radius 1 is 1.25 bits per heavy atom. The van der Waals surface area contributed by atoms with Gasteiger partial charge in [0.25, 0.3) is 0 Å². The average Bonchev–Trinajstić information content (AvgIpc) is 2.78. The molecule has 1 aromatic heterocycles. The zero-order valence-electron chi connectivity index (χ0n) is 10.8. The van der Waals surface area contributed by atoms with Crippen molar-refractivity contribution in [1.82, 2.24) is 5.32 Å². The molecule has 0 fully saturated rings. The minimum atomic E-state index is -0.981. The molecule has 5 nitrogen and oxygen atoms in total. The van der Waals surface area contributed by atoms with Crippen molar-refractivity contribution in [1.29, 1.82) is 0 Å². The number of rotatable bonds is 4. The number of hydrogen-bond acceptors (Lipinski definition) is 3. The van der Waals surface area contributed by atoms with Gasteiger partial charge in [0, 0.05) is 6.54 Å². The van der Waals surface area contributed by atoms with E-state index in [2.05, 4.69) is 10.6 Å². The van der Waals surface area contributed by atoms with Crippen LogP contribution < -0.4 is 10.6 Å². The number of amides is 2. The Labute approximate surface area is 120 Å². The van der Waals surface area contributed by atoms with Gasteiger partial charge in [-0.3, -0.25) is 5.32 Å². The molecular formula is C14H14N2O3S. The van der Waals surface area contributed by atoms with Crippen LogP contribution in [0.5, 0.6) is 0 Å². The van der Waals surface area contributed by atoms with Crippen LogP contribution >= 0.6 is 11.3 Å². The fourth-order valence-corrected chi connectivity index (χ4v) is 2.60. The van der Waals surface area contributed by atoms with E-state index in [1.54, 1.807) is 13.0 Å². The molecule has 0 saturated carbocycles. The summed E-state index contributed by atoms with van der Waals surface area (Å²) in [6.45, 7) is 2.12. The van der Waals surface area contributed by atoms with Gasteiger partial charge in [0.05, 0.1) is 5.00 Å². The predicted octanol–water partition coefficient (Wildman–Crippen LogP) is 3.08. The lowest BCUT2D eigenvalue weighted by Crippen LogP contribution is -2.27. The number of aromatic carboxylic acids is 1. The molecule has 1 heterocycles. The van der Waals surface area contributed by atoms with E-state index >= 15 is 0 Å². The Morgan fingerprint density at radius 2 is 1.95 bits per heavy atom. The Balaban J connectivity index is 1.92. The summed E-state index contributed by atoms with van der Waals surface area (Å²) in [5, 5.41) is 14.8. The van der Waals surface area contributed by atoms with Gasteiger partial charge in [0.1, 0.15) is 4.88 Å². The SMILES string of the molecule is Cc1cc(NC(=O)NCc2ccccc2)sc1C(=O)O. The highest BCUT2D eigenvalue weighted by Gasteiger charge is 2.13. The number of carboxylic acid groups (broad SMARTS) is 1. The van der Waals surface area contributed by atoms with E-state index in [0.717, 1.165) is 16.9 Å². The second-order valence-electron chi connectivity index (χ2n) is 4.22. The number of carboxylic acids is 1. The molecule has 0 radical (unpaired) electrons. The van der Waals surface area contributed by atoms with E-state index in [4.69, 9.17) is 5.11 Å². The zero-order valence-corrected chi connectivity index (χ0v) is 11.7. The van der Waals surface area contributed by atoms with E-state index in [1.807, 2.05) is 30.3 Å². The summed E-state index contributed by atoms with van der Waals surface area (Å²) >= 11 is 1.05. The number of aryl methyl sites for hydroxylation is 1. The second kappa shape index (κ2) is 6.21.